The van der Waals surface area contributed by atoms with Gasteiger partial charge in [-0.1, -0.05) is 11.6 Å². The smallest absolute Gasteiger partial charge is 0.252 e. The second-order valence-corrected chi connectivity index (χ2v) is 6.03. The van der Waals surface area contributed by atoms with Crippen LogP contribution in [-0.4, -0.2) is 19.0 Å². The number of carbonyl (C=O) groups is 1. The fraction of sp³-hybridized carbons (Fsp3) is 0.533. The number of rotatable bonds is 5. The van der Waals surface area contributed by atoms with Gasteiger partial charge in [0.2, 0.25) is 0 Å². The summed E-state index contributed by atoms with van der Waals surface area (Å²) in [5.74, 6) is 1.52. The predicted octanol–water partition coefficient (Wildman–Crippen LogP) is 3.30. The van der Waals surface area contributed by atoms with Crippen molar-refractivity contribution < 1.29 is 4.79 Å². The van der Waals surface area contributed by atoms with Gasteiger partial charge in [0.25, 0.3) is 5.91 Å². The lowest BCUT2D eigenvalue weighted by Crippen LogP contribution is -2.24. The first kappa shape index (κ1) is 12.8. The topological polar surface area (TPSA) is 41.1 Å². The van der Waals surface area contributed by atoms with E-state index in [1.165, 1.54) is 25.7 Å². The van der Waals surface area contributed by atoms with Crippen molar-refractivity contribution in [3.05, 3.63) is 28.8 Å². The molecule has 0 heterocycles. The largest absolute Gasteiger partial charge is 0.382 e. The van der Waals surface area contributed by atoms with E-state index in [0.717, 1.165) is 17.5 Å². The summed E-state index contributed by atoms with van der Waals surface area (Å²) in [6, 6.07) is 6.20. The first-order valence-corrected chi connectivity index (χ1v) is 7.35. The van der Waals surface area contributed by atoms with E-state index >= 15 is 0 Å². The summed E-state index contributed by atoms with van der Waals surface area (Å²) in [5, 5.41) is 6.73. The highest BCUT2D eigenvalue weighted by Gasteiger charge is 2.41. The second kappa shape index (κ2) is 5.04. The van der Waals surface area contributed by atoms with Crippen molar-refractivity contribution in [1.82, 2.24) is 5.32 Å². The molecule has 1 aromatic carbocycles. The monoisotopic (exact) mass is 278 g/mol. The van der Waals surface area contributed by atoms with Crippen molar-refractivity contribution in [3.63, 3.8) is 0 Å². The van der Waals surface area contributed by atoms with E-state index in [1.807, 2.05) is 12.1 Å². The maximum atomic E-state index is 11.7. The summed E-state index contributed by atoms with van der Waals surface area (Å²) in [7, 11) is 1.62. The van der Waals surface area contributed by atoms with Crippen LogP contribution in [0.5, 0.6) is 0 Å². The van der Waals surface area contributed by atoms with Gasteiger partial charge in [-0.3, -0.25) is 4.79 Å². The van der Waals surface area contributed by atoms with Gasteiger partial charge >= 0.3 is 0 Å². The standard InChI is InChI=1S/C15H19ClN2O/c1-17-15(19)12-8-11(6-7-13(12)16)18-14(9-2-3-9)10-4-5-10/h6-10,14,18H,2-5H2,1H3,(H,17,19). The van der Waals surface area contributed by atoms with Gasteiger partial charge in [0.05, 0.1) is 10.6 Å². The Bertz CT molecular complexity index is 483. The molecule has 0 aliphatic heterocycles. The number of benzene rings is 1. The fourth-order valence-corrected chi connectivity index (χ4v) is 2.85. The maximum Gasteiger partial charge on any atom is 0.252 e. The molecule has 0 radical (unpaired) electrons. The average Bonchev–Trinajstić information content (AvgIpc) is 3.29. The van der Waals surface area contributed by atoms with Gasteiger partial charge in [-0.25, -0.2) is 0 Å². The van der Waals surface area contributed by atoms with Crippen LogP contribution in [0.1, 0.15) is 36.0 Å². The first-order valence-electron chi connectivity index (χ1n) is 6.97. The van der Waals surface area contributed by atoms with E-state index in [1.54, 1.807) is 13.1 Å². The third-order valence-electron chi connectivity index (χ3n) is 4.03. The molecule has 0 spiro atoms. The Morgan fingerprint density at radius 1 is 1.26 bits per heavy atom. The molecule has 3 rings (SSSR count). The molecule has 102 valence electrons. The minimum Gasteiger partial charge on any atom is -0.382 e. The van der Waals surface area contributed by atoms with Crippen LogP contribution < -0.4 is 10.6 Å². The molecule has 0 bridgehead atoms. The van der Waals surface area contributed by atoms with E-state index in [2.05, 4.69) is 10.6 Å². The molecule has 19 heavy (non-hydrogen) atoms. The zero-order chi connectivity index (χ0) is 13.4. The number of anilines is 1. The molecule has 0 unspecified atom stereocenters. The summed E-state index contributed by atoms with van der Waals surface area (Å²) in [5.41, 5.74) is 1.55. The number of hydrogen-bond donors (Lipinski definition) is 2. The minimum atomic E-state index is -0.136. The van der Waals surface area contributed by atoms with Crippen molar-refractivity contribution in [3.8, 4) is 0 Å². The molecule has 2 aliphatic carbocycles. The summed E-state index contributed by atoms with van der Waals surface area (Å²) in [6.45, 7) is 0. The molecule has 4 heteroatoms. The number of amides is 1. The Labute approximate surface area is 118 Å². The third kappa shape index (κ3) is 2.86. The van der Waals surface area contributed by atoms with E-state index in [-0.39, 0.29) is 5.91 Å². The third-order valence-corrected chi connectivity index (χ3v) is 4.36. The Morgan fingerprint density at radius 3 is 2.42 bits per heavy atom. The zero-order valence-electron chi connectivity index (χ0n) is 11.1. The lowest BCUT2D eigenvalue weighted by atomic mass is 10.1. The van der Waals surface area contributed by atoms with Crippen LogP contribution in [-0.2, 0) is 0 Å². The van der Waals surface area contributed by atoms with Crippen LogP contribution in [0, 0.1) is 11.8 Å². The highest BCUT2D eigenvalue weighted by molar-refractivity contribution is 6.34. The van der Waals surface area contributed by atoms with Crippen LogP contribution in [0.3, 0.4) is 0 Å². The van der Waals surface area contributed by atoms with Crippen LogP contribution in [0.2, 0.25) is 5.02 Å². The molecule has 2 N–H and O–H groups in total. The summed E-state index contributed by atoms with van der Waals surface area (Å²) >= 11 is 6.07. The van der Waals surface area contributed by atoms with E-state index in [0.29, 0.717) is 16.6 Å². The number of halogens is 1. The molecule has 2 aliphatic rings. The molecule has 3 nitrogen and oxygen atoms in total. The number of carbonyl (C=O) groups excluding carboxylic acids is 1. The van der Waals surface area contributed by atoms with Gasteiger partial charge in [0.1, 0.15) is 0 Å². The average molecular weight is 279 g/mol. The van der Waals surface area contributed by atoms with Gasteiger partial charge in [0.15, 0.2) is 0 Å². The highest BCUT2D eigenvalue weighted by atomic mass is 35.5. The summed E-state index contributed by atoms with van der Waals surface area (Å²) < 4.78 is 0. The van der Waals surface area contributed by atoms with Crippen molar-refractivity contribution in [2.75, 3.05) is 12.4 Å². The molecule has 2 fully saturated rings. The number of nitrogens with one attached hydrogen (secondary N) is 2. The molecule has 1 aromatic rings. The van der Waals surface area contributed by atoms with Crippen molar-refractivity contribution in [1.29, 1.82) is 0 Å². The second-order valence-electron chi connectivity index (χ2n) is 5.62. The molecule has 0 aromatic heterocycles. The lowest BCUT2D eigenvalue weighted by Gasteiger charge is -2.19. The molecular weight excluding hydrogens is 260 g/mol. The Hall–Kier alpha value is -1.22. The van der Waals surface area contributed by atoms with Gasteiger partial charge < -0.3 is 10.6 Å². The number of hydrogen-bond acceptors (Lipinski definition) is 2. The van der Waals surface area contributed by atoms with Gasteiger partial charge in [-0.05, 0) is 55.7 Å². The molecule has 1 amide bonds. The fourth-order valence-electron chi connectivity index (χ4n) is 2.65. The van der Waals surface area contributed by atoms with Crippen LogP contribution in [0.15, 0.2) is 18.2 Å². The Morgan fingerprint density at radius 2 is 1.89 bits per heavy atom. The van der Waals surface area contributed by atoms with E-state index < -0.39 is 0 Å². The van der Waals surface area contributed by atoms with E-state index in [9.17, 15) is 4.79 Å². The molecule has 0 saturated heterocycles. The summed E-state index contributed by atoms with van der Waals surface area (Å²) in [4.78, 5) is 11.7. The van der Waals surface area contributed by atoms with Crippen LogP contribution >= 0.6 is 11.6 Å². The van der Waals surface area contributed by atoms with Crippen molar-refractivity contribution in [2.45, 2.75) is 31.7 Å². The first-order chi connectivity index (χ1) is 9.19. The molecular formula is C15H19ClN2O. The van der Waals surface area contributed by atoms with E-state index in [4.69, 9.17) is 11.6 Å². The normalized spacial score (nSPS) is 18.5. The van der Waals surface area contributed by atoms with Crippen LogP contribution in [0.4, 0.5) is 5.69 Å². The lowest BCUT2D eigenvalue weighted by molar-refractivity contribution is 0.0963. The highest BCUT2D eigenvalue weighted by Crippen LogP contribution is 2.46. The molecule has 2 saturated carbocycles. The van der Waals surface area contributed by atoms with Crippen molar-refractivity contribution in [2.24, 2.45) is 11.8 Å². The van der Waals surface area contributed by atoms with Crippen molar-refractivity contribution >= 4 is 23.2 Å². The maximum absolute atomic E-state index is 11.7. The predicted molar refractivity (Wildman–Crippen MR) is 77.7 cm³/mol. The summed E-state index contributed by atoms with van der Waals surface area (Å²) in [6.07, 6.45) is 5.35. The Balaban J connectivity index is 1.78. The quantitative estimate of drug-likeness (QED) is 0.868. The SMILES string of the molecule is CNC(=O)c1cc(NC(C2CC2)C2CC2)ccc1Cl. The van der Waals surface area contributed by atoms with Gasteiger partial charge in [0, 0.05) is 18.8 Å². The molecule has 0 atom stereocenters. The van der Waals surface area contributed by atoms with Gasteiger partial charge in [-0.15, -0.1) is 0 Å². The minimum absolute atomic E-state index is 0.136. The zero-order valence-corrected chi connectivity index (χ0v) is 11.8. The van der Waals surface area contributed by atoms with Gasteiger partial charge in [-0.2, -0.15) is 0 Å². The van der Waals surface area contributed by atoms with Crippen LogP contribution in [0.25, 0.3) is 0 Å². The Kier molecular flexibility index (Phi) is 3.40.